The first-order valence-electron chi connectivity index (χ1n) is 46.9. The number of amides is 16. The van der Waals surface area contributed by atoms with Crippen molar-refractivity contribution in [2.24, 2.45) is 22.9 Å². The summed E-state index contributed by atoms with van der Waals surface area (Å²) in [7, 11) is 0. The molecule has 16 amide bonds. The number of imidazole rings is 1. The molecule has 2 fully saturated rings. The van der Waals surface area contributed by atoms with E-state index in [1.165, 1.54) is 63.9 Å². The van der Waals surface area contributed by atoms with Crippen LogP contribution in [-0.2, 0) is 112 Å². The third-order valence-electron chi connectivity index (χ3n) is 23.0. The number of unbranched alkanes of at least 4 members (excludes halogenated alkanes) is 12. The summed E-state index contributed by atoms with van der Waals surface area (Å²) < 4.78 is 10.8. The number of aromatic amines is 3. The Morgan fingerprint density at radius 3 is 1.86 bits per heavy atom. The van der Waals surface area contributed by atoms with Crippen LogP contribution in [0, 0.1) is 5.41 Å². The van der Waals surface area contributed by atoms with E-state index in [2.05, 4.69) is 110 Å². The average molecular weight is 1920 g/mol. The number of tetrazole rings is 1. The molecule has 754 valence electrons. The fraction of sp³-hybridized carbons (Fsp3) is 0.607. The average Bonchev–Trinajstić information content (AvgIpc) is 1.68. The molecule has 7 rings (SSSR count). The molecule has 0 spiro atoms. The molecule has 0 unspecified atom stereocenters. The number of primary amides is 2. The van der Waals surface area contributed by atoms with Gasteiger partial charge in [-0.15, -0.1) is 5.10 Å². The van der Waals surface area contributed by atoms with Crippen molar-refractivity contribution in [3.05, 3.63) is 96.0 Å². The van der Waals surface area contributed by atoms with Gasteiger partial charge in [0.05, 0.1) is 57.7 Å². The summed E-state index contributed by atoms with van der Waals surface area (Å²) in [6.07, 6.45) is 15.6. The molecule has 29 N–H and O–H groups in total. The zero-order valence-corrected chi connectivity index (χ0v) is 77.3. The van der Waals surface area contributed by atoms with Gasteiger partial charge in [0.1, 0.15) is 78.9 Å². The molecule has 0 bridgehead atoms. The molecule has 3 aromatic heterocycles. The van der Waals surface area contributed by atoms with Crippen LogP contribution < -0.4 is 97.4 Å². The fourth-order valence-corrected chi connectivity index (χ4v) is 15.5. The van der Waals surface area contributed by atoms with Gasteiger partial charge in [0, 0.05) is 101 Å². The predicted molar refractivity (Wildman–Crippen MR) is 495 cm³/mol. The van der Waals surface area contributed by atoms with Gasteiger partial charge in [-0.1, -0.05) is 119 Å². The number of aliphatic hydroxyl groups is 3. The number of nitrogens with one attached hydrogen (secondary N) is 18. The first kappa shape index (κ1) is 111. The zero-order chi connectivity index (χ0) is 99.2. The van der Waals surface area contributed by atoms with Crippen molar-refractivity contribution in [1.82, 2.24) is 115 Å². The number of hydrogen-bond donors (Lipinski definition) is 25. The Morgan fingerprint density at radius 1 is 0.584 bits per heavy atom. The monoisotopic (exact) mass is 1920 g/mol. The topological polar surface area (TPSA) is 751 Å². The molecule has 2 saturated heterocycles. The van der Waals surface area contributed by atoms with Crippen LogP contribution in [0.2, 0.25) is 0 Å². The number of aliphatic hydroxyl groups excluding tert-OH is 3. The molecule has 5 aromatic rings. The molecule has 12 atom stereocenters. The molecule has 0 aliphatic carbocycles. The van der Waals surface area contributed by atoms with Crippen LogP contribution in [0.5, 0.6) is 0 Å². The van der Waals surface area contributed by atoms with Gasteiger partial charge in [-0.3, -0.25) is 82.1 Å². The SMILES string of the molecule is N=C(N)NCCC[C@@H]1NC(=O)[C@@H](Cc2ccccc2)NC(=O)[C@@H]2C[C@@H](O)CN2C(=O)[C@@H](NC(=O)[C@H](CCCN)NC(=O)[C@H](CO)NC(=O)[C@H](Cc2c[nH]cn2)NC(=O)[C@H](CCC(N)=O)NC(=O)[C@H](CO)NC(=O)CNC(=O)COCCOCCNC(=O)CCCCCCCCCCCCCCCc2nnn[nH]2)CCC(=O)NCCCC[C@@H](C(N)=O)NC(=O)[C@H](Cc2c[nH]c3ccccc23)NC1=O. The Balaban J connectivity index is 0.949. The Hall–Kier alpha value is -13.2. The Morgan fingerprint density at radius 2 is 1.20 bits per heavy atom. The maximum Gasteiger partial charge on any atom is 0.246 e. The molecule has 0 radical (unpaired) electrons. The van der Waals surface area contributed by atoms with Gasteiger partial charge in [0.15, 0.2) is 5.96 Å². The van der Waals surface area contributed by atoms with Crippen LogP contribution in [0.4, 0.5) is 0 Å². The summed E-state index contributed by atoms with van der Waals surface area (Å²) in [6, 6.07) is -2.50. The summed E-state index contributed by atoms with van der Waals surface area (Å²) in [4.78, 5) is 235. The van der Waals surface area contributed by atoms with Crippen LogP contribution in [0.15, 0.2) is 73.3 Å². The second-order valence-corrected chi connectivity index (χ2v) is 33.9. The number of nitrogens with two attached hydrogens (primary N) is 4. The van der Waals surface area contributed by atoms with Crippen LogP contribution in [0.1, 0.15) is 190 Å². The number of fused-ring (bicyclic) bond motifs is 2. The maximum absolute atomic E-state index is 15.3. The third kappa shape index (κ3) is 41.5. The molecule has 48 heteroatoms. The van der Waals surface area contributed by atoms with Gasteiger partial charge in [-0.2, -0.15) is 0 Å². The fourth-order valence-electron chi connectivity index (χ4n) is 15.5. The highest BCUT2D eigenvalue weighted by Crippen LogP contribution is 2.24. The van der Waals surface area contributed by atoms with Gasteiger partial charge in [0.25, 0.3) is 0 Å². The van der Waals surface area contributed by atoms with Crippen LogP contribution in [0.3, 0.4) is 0 Å². The molecule has 0 saturated carbocycles. The minimum Gasteiger partial charge on any atom is -0.394 e. The molecule has 5 heterocycles. The van der Waals surface area contributed by atoms with Gasteiger partial charge in [-0.25, -0.2) is 10.1 Å². The number of carbonyl (C=O) groups is 16. The molecule has 2 aliphatic heterocycles. The summed E-state index contributed by atoms with van der Waals surface area (Å²) in [6.45, 7) is -3.55. The lowest BCUT2D eigenvalue weighted by Crippen LogP contribution is -2.61. The molecular formula is C89H137N27O21. The number of carbonyl (C=O) groups excluding carboxylic acids is 16. The first-order chi connectivity index (χ1) is 66.0. The summed E-state index contributed by atoms with van der Waals surface area (Å²) in [5, 5.41) is 90.5. The van der Waals surface area contributed by atoms with Gasteiger partial charge >= 0.3 is 0 Å². The minimum atomic E-state index is -1.96. The van der Waals surface area contributed by atoms with Crippen molar-refractivity contribution in [1.29, 1.82) is 5.41 Å². The van der Waals surface area contributed by atoms with Crippen LogP contribution in [-0.4, -0.2) is 308 Å². The van der Waals surface area contributed by atoms with Crippen LogP contribution >= 0.6 is 0 Å². The summed E-state index contributed by atoms with van der Waals surface area (Å²) in [5.41, 5.74) is 24.8. The molecule has 2 aromatic carbocycles. The van der Waals surface area contributed by atoms with E-state index in [1.807, 2.05) is 0 Å². The van der Waals surface area contributed by atoms with E-state index in [9.17, 15) is 87.2 Å². The Bertz CT molecular complexity index is 4660. The highest BCUT2D eigenvalue weighted by Gasteiger charge is 2.44. The van der Waals surface area contributed by atoms with E-state index in [0.717, 1.165) is 49.2 Å². The van der Waals surface area contributed by atoms with E-state index >= 15 is 4.79 Å². The van der Waals surface area contributed by atoms with Crippen molar-refractivity contribution in [2.45, 2.75) is 265 Å². The maximum atomic E-state index is 15.3. The van der Waals surface area contributed by atoms with Gasteiger partial charge in [0.2, 0.25) is 94.5 Å². The van der Waals surface area contributed by atoms with Crippen molar-refractivity contribution in [3.63, 3.8) is 0 Å². The van der Waals surface area contributed by atoms with E-state index < -0.39 is 233 Å². The molecule has 137 heavy (non-hydrogen) atoms. The zero-order valence-electron chi connectivity index (χ0n) is 77.3. The molecular weight excluding hydrogens is 1780 g/mol. The van der Waals surface area contributed by atoms with E-state index in [0.29, 0.717) is 28.5 Å². The quantitative estimate of drug-likeness (QED) is 0.00985. The second-order valence-electron chi connectivity index (χ2n) is 33.9. The van der Waals surface area contributed by atoms with Crippen molar-refractivity contribution in [2.75, 3.05) is 78.9 Å². The normalized spacial score (nSPS) is 18.7. The molecule has 2 aliphatic rings. The number of para-hydroxylation sites is 1. The largest absolute Gasteiger partial charge is 0.394 e. The number of hydrogen-bond acceptors (Lipinski definition) is 27. The lowest BCUT2D eigenvalue weighted by Gasteiger charge is -2.31. The number of rotatable bonds is 56. The van der Waals surface area contributed by atoms with Gasteiger partial charge in [-0.05, 0) is 105 Å². The highest BCUT2D eigenvalue weighted by molar-refractivity contribution is 6.01. The van der Waals surface area contributed by atoms with Crippen molar-refractivity contribution < 1.29 is 102 Å². The summed E-state index contributed by atoms with van der Waals surface area (Å²) >= 11 is 0. The number of benzene rings is 2. The number of guanidine groups is 1. The standard InChI is InChI=1S/C89H137N27O21/c90-36-21-28-62(79(126)107-65-33-35-75(122)96-37-20-19-27-61(78(92)125)103-83(130)67(44-56-47-99-60-26-18-17-25-59(56)60)108-80(127)63(29-22-38-98-89(93)94)104-82(129)66(43-55-23-13-12-14-24-55)110-87(134)71-46-58(119)50-116(71)88(65)135)105-86(133)70(52-118)111-84(131)68(45-57-48-95-54-101-57)109-81(128)64(32-34-72(91)120)106-85(132)69(51-117)102-76(123)49-100-77(124)53-137-42-41-136-40-39-97-74(121)31-16-11-9-7-5-3-1-2-4-6-8-10-15-30-73-112-114-115-113-73/h12-14,17-18,23-26,47-48,54,58,61-71,99,117-119H,1-11,15-16,19-22,27-46,49-53,90H2,(H2,91,120)(H2,92,125)(H,95,101)(H,96,122)(H,97,121)(H,100,124)(H,102,123)(H,103,130)(H,104,129)(H,105,133)(H,106,132)(H,107,126)(H,108,127)(H,109,128)(H,110,134)(H,111,131)(H4,93,94,98)(H,112,113,114,115)/t58-,61+,62+,63+,64+,65+,66-,67+,68+,69+,70+,71+/m1/s1. The van der Waals surface area contributed by atoms with E-state index in [4.69, 9.17) is 37.8 Å². The van der Waals surface area contributed by atoms with Crippen LogP contribution in [0.25, 0.3) is 10.9 Å². The Kier molecular flexibility index (Phi) is 49.9. The first-order valence-corrected chi connectivity index (χ1v) is 46.9. The Labute approximate surface area is 792 Å². The van der Waals surface area contributed by atoms with Crippen molar-refractivity contribution >= 4 is 111 Å². The van der Waals surface area contributed by atoms with Gasteiger partial charge < -0.3 is 137 Å². The highest BCUT2D eigenvalue weighted by atomic mass is 16.5. The summed E-state index contributed by atoms with van der Waals surface area (Å²) in [5.74, 6) is -14.4. The van der Waals surface area contributed by atoms with Crippen molar-refractivity contribution in [3.8, 4) is 0 Å². The smallest absolute Gasteiger partial charge is 0.246 e. The van der Waals surface area contributed by atoms with E-state index in [-0.39, 0.29) is 121 Å². The lowest BCUT2D eigenvalue weighted by atomic mass is 10.0. The predicted octanol–water partition coefficient (Wildman–Crippen LogP) is -4.97. The minimum absolute atomic E-state index is 0.000382. The third-order valence-corrected chi connectivity index (χ3v) is 23.0. The lowest BCUT2D eigenvalue weighted by molar-refractivity contribution is -0.143. The number of aryl methyl sites for hydroxylation is 1. The van der Waals surface area contributed by atoms with E-state index in [1.54, 1.807) is 60.8 Å². The molecule has 48 nitrogen and oxygen atoms in total. The number of aromatic nitrogens is 7. The second kappa shape index (κ2) is 61.7. The number of ether oxygens (including phenoxy) is 2. The number of nitrogens with zero attached hydrogens (tertiary/aromatic N) is 5. The number of H-pyrrole nitrogens is 3.